The van der Waals surface area contributed by atoms with Crippen LogP contribution in [0.2, 0.25) is 5.02 Å². The summed E-state index contributed by atoms with van der Waals surface area (Å²) in [5.41, 5.74) is 2.39. The first kappa shape index (κ1) is 22.0. The fourth-order valence-corrected chi connectivity index (χ4v) is 3.89. The zero-order valence-electron chi connectivity index (χ0n) is 17.9. The smallest absolute Gasteiger partial charge is 0.224 e. The van der Waals surface area contributed by atoms with Crippen molar-refractivity contribution in [2.45, 2.75) is 32.6 Å². The normalized spacial score (nSPS) is 13.3. The molecule has 0 unspecified atom stereocenters. The highest BCUT2D eigenvalue weighted by Gasteiger charge is 2.15. The third-order valence-electron chi connectivity index (χ3n) is 5.32. The molecule has 0 spiro atoms. The van der Waals surface area contributed by atoms with Gasteiger partial charge in [-0.15, -0.1) is 0 Å². The number of benzene rings is 2. The number of nitrogens with one attached hydrogen (secondary N) is 2. The molecule has 8 heteroatoms. The summed E-state index contributed by atoms with van der Waals surface area (Å²) in [6, 6.07) is 13.9. The third kappa shape index (κ3) is 5.73. The number of nitrogens with zero attached hydrogens (tertiary/aromatic N) is 3. The fraction of sp³-hybridized carbons (Fsp3) is 0.292. The van der Waals surface area contributed by atoms with Gasteiger partial charge in [0.05, 0.1) is 5.02 Å². The van der Waals surface area contributed by atoms with E-state index in [-0.39, 0.29) is 17.4 Å². The number of aryl methyl sites for hydroxylation is 2. The maximum atomic E-state index is 13.2. The number of amides is 1. The number of aromatic nitrogens is 2. The molecular formula is C24H25ClFN5O. The lowest BCUT2D eigenvalue weighted by Gasteiger charge is -2.18. The van der Waals surface area contributed by atoms with E-state index in [2.05, 4.69) is 25.5 Å². The molecule has 6 nitrogen and oxygen atoms in total. The van der Waals surface area contributed by atoms with Gasteiger partial charge in [-0.1, -0.05) is 17.7 Å². The summed E-state index contributed by atoms with van der Waals surface area (Å²) in [5.74, 6) is 1.84. The average molecular weight is 454 g/mol. The van der Waals surface area contributed by atoms with Crippen LogP contribution in [0.25, 0.3) is 0 Å². The van der Waals surface area contributed by atoms with Crippen molar-refractivity contribution >= 4 is 40.5 Å². The molecule has 0 atom stereocenters. The van der Waals surface area contributed by atoms with E-state index in [1.807, 2.05) is 37.3 Å². The molecule has 2 heterocycles. The number of hydrogen-bond donors (Lipinski definition) is 2. The second kappa shape index (κ2) is 9.96. The van der Waals surface area contributed by atoms with Crippen LogP contribution in [-0.4, -0.2) is 29.0 Å². The van der Waals surface area contributed by atoms with Crippen LogP contribution in [0.15, 0.2) is 48.5 Å². The lowest BCUT2D eigenvalue weighted by Crippen LogP contribution is -2.19. The highest BCUT2D eigenvalue weighted by Crippen LogP contribution is 2.24. The lowest BCUT2D eigenvalue weighted by atomic mass is 10.1. The first-order chi connectivity index (χ1) is 15.5. The van der Waals surface area contributed by atoms with Crippen molar-refractivity contribution in [3.63, 3.8) is 0 Å². The first-order valence-electron chi connectivity index (χ1n) is 10.7. The van der Waals surface area contributed by atoms with Gasteiger partial charge in [0, 0.05) is 37.0 Å². The zero-order valence-corrected chi connectivity index (χ0v) is 18.6. The summed E-state index contributed by atoms with van der Waals surface area (Å²) in [6.45, 7) is 3.94. The molecule has 0 aliphatic carbocycles. The number of carbonyl (C=O) groups is 1. The zero-order chi connectivity index (χ0) is 22.5. The Balaban J connectivity index is 1.33. The van der Waals surface area contributed by atoms with Crippen LogP contribution in [-0.2, 0) is 11.2 Å². The van der Waals surface area contributed by atoms with Gasteiger partial charge in [-0.3, -0.25) is 4.79 Å². The summed E-state index contributed by atoms with van der Waals surface area (Å²) in [7, 11) is 0. The Morgan fingerprint density at radius 3 is 2.50 bits per heavy atom. The molecule has 166 valence electrons. The molecule has 1 saturated heterocycles. The van der Waals surface area contributed by atoms with Gasteiger partial charge < -0.3 is 15.5 Å². The van der Waals surface area contributed by atoms with Gasteiger partial charge in [0.1, 0.15) is 23.3 Å². The summed E-state index contributed by atoms with van der Waals surface area (Å²) in [6.07, 6.45) is 3.15. The minimum atomic E-state index is -0.460. The number of rotatable bonds is 7. The fourth-order valence-electron chi connectivity index (χ4n) is 3.69. The molecule has 0 saturated carbocycles. The van der Waals surface area contributed by atoms with Gasteiger partial charge in [-0.2, -0.15) is 0 Å². The van der Waals surface area contributed by atoms with Crippen molar-refractivity contribution in [2.75, 3.05) is 28.6 Å². The van der Waals surface area contributed by atoms with Crippen molar-refractivity contribution in [1.29, 1.82) is 0 Å². The Bertz CT molecular complexity index is 1100. The average Bonchev–Trinajstić information content (AvgIpc) is 3.31. The monoisotopic (exact) mass is 453 g/mol. The van der Waals surface area contributed by atoms with Gasteiger partial charge in [0.15, 0.2) is 0 Å². The second-order valence-electron chi connectivity index (χ2n) is 7.85. The van der Waals surface area contributed by atoms with Crippen LogP contribution in [0, 0.1) is 12.7 Å². The maximum Gasteiger partial charge on any atom is 0.224 e. The standard InChI is InChI=1S/C24H25ClFN5O/c1-16-27-22(15-23(28-16)31-12-2-3-13-31)29-18-6-8-19(9-7-18)30-24(32)11-5-17-4-10-21(26)20(25)14-17/h4,6-10,14-15H,2-3,5,11-13H2,1H3,(H,30,32)(H,27,28,29). The molecule has 3 aromatic rings. The highest BCUT2D eigenvalue weighted by atomic mass is 35.5. The van der Waals surface area contributed by atoms with E-state index in [0.717, 1.165) is 41.8 Å². The summed E-state index contributed by atoms with van der Waals surface area (Å²) >= 11 is 5.79. The molecule has 0 radical (unpaired) electrons. The van der Waals surface area contributed by atoms with Crippen LogP contribution in [0.3, 0.4) is 0 Å². The van der Waals surface area contributed by atoms with Gasteiger partial charge in [0.2, 0.25) is 5.91 Å². The Hall–Kier alpha value is -3.19. The highest BCUT2D eigenvalue weighted by molar-refractivity contribution is 6.30. The quantitative estimate of drug-likeness (QED) is 0.494. The van der Waals surface area contributed by atoms with Crippen molar-refractivity contribution in [3.8, 4) is 0 Å². The van der Waals surface area contributed by atoms with Crippen LogP contribution in [0.1, 0.15) is 30.7 Å². The third-order valence-corrected chi connectivity index (χ3v) is 5.61. The van der Waals surface area contributed by atoms with Crippen LogP contribution >= 0.6 is 11.6 Å². The molecule has 1 aliphatic heterocycles. The summed E-state index contributed by atoms with van der Waals surface area (Å²) in [5, 5.41) is 6.26. The van der Waals surface area contributed by atoms with E-state index in [4.69, 9.17) is 11.6 Å². The molecule has 1 amide bonds. The van der Waals surface area contributed by atoms with Gasteiger partial charge in [-0.05, 0) is 68.1 Å². The molecule has 1 aromatic heterocycles. The number of halogens is 2. The number of hydrogen-bond acceptors (Lipinski definition) is 5. The topological polar surface area (TPSA) is 70.2 Å². The minimum Gasteiger partial charge on any atom is -0.356 e. The van der Waals surface area contributed by atoms with Crippen molar-refractivity contribution in [3.05, 3.63) is 70.8 Å². The summed E-state index contributed by atoms with van der Waals surface area (Å²) < 4.78 is 13.2. The molecule has 1 aliphatic rings. The van der Waals surface area contributed by atoms with E-state index < -0.39 is 5.82 Å². The number of carbonyl (C=O) groups excluding carboxylic acids is 1. The molecule has 0 bridgehead atoms. The SMILES string of the molecule is Cc1nc(Nc2ccc(NC(=O)CCc3ccc(F)c(Cl)c3)cc2)cc(N2CCCC2)n1. The van der Waals surface area contributed by atoms with E-state index in [1.165, 1.54) is 18.9 Å². The molecule has 1 fully saturated rings. The molecule has 4 rings (SSSR count). The number of anilines is 4. The van der Waals surface area contributed by atoms with Gasteiger partial charge in [-0.25, -0.2) is 14.4 Å². The van der Waals surface area contributed by atoms with Crippen molar-refractivity contribution in [2.24, 2.45) is 0 Å². The Morgan fingerprint density at radius 1 is 1.06 bits per heavy atom. The van der Waals surface area contributed by atoms with Crippen LogP contribution in [0.4, 0.5) is 27.4 Å². The Kier molecular flexibility index (Phi) is 6.85. The van der Waals surface area contributed by atoms with E-state index in [0.29, 0.717) is 12.1 Å². The Labute approximate surface area is 191 Å². The Morgan fingerprint density at radius 2 is 1.78 bits per heavy atom. The largest absolute Gasteiger partial charge is 0.356 e. The second-order valence-corrected chi connectivity index (χ2v) is 8.26. The molecular weight excluding hydrogens is 429 g/mol. The van der Waals surface area contributed by atoms with E-state index >= 15 is 0 Å². The van der Waals surface area contributed by atoms with Gasteiger partial charge in [0.25, 0.3) is 0 Å². The van der Waals surface area contributed by atoms with E-state index in [9.17, 15) is 9.18 Å². The minimum absolute atomic E-state index is 0.0671. The predicted octanol–water partition coefficient (Wildman–Crippen LogP) is 5.49. The predicted molar refractivity (Wildman–Crippen MR) is 126 cm³/mol. The van der Waals surface area contributed by atoms with Crippen LogP contribution < -0.4 is 15.5 Å². The molecule has 2 N–H and O–H groups in total. The molecule has 32 heavy (non-hydrogen) atoms. The van der Waals surface area contributed by atoms with Crippen molar-refractivity contribution < 1.29 is 9.18 Å². The molecule has 2 aromatic carbocycles. The van der Waals surface area contributed by atoms with Crippen molar-refractivity contribution in [1.82, 2.24) is 9.97 Å². The van der Waals surface area contributed by atoms with E-state index in [1.54, 1.807) is 12.1 Å². The maximum absolute atomic E-state index is 13.2. The van der Waals surface area contributed by atoms with Gasteiger partial charge >= 0.3 is 0 Å². The first-order valence-corrected chi connectivity index (χ1v) is 11.1. The summed E-state index contributed by atoms with van der Waals surface area (Å²) in [4.78, 5) is 23.6. The lowest BCUT2D eigenvalue weighted by molar-refractivity contribution is -0.116. The van der Waals surface area contributed by atoms with Crippen LogP contribution in [0.5, 0.6) is 0 Å².